The first-order chi connectivity index (χ1) is 15.8. The third kappa shape index (κ3) is 4.77. The molecule has 1 aliphatic heterocycles. The number of nitrogens with zero attached hydrogens (tertiary/aromatic N) is 5. The van der Waals surface area contributed by atoms with Crippen molar-refractivity contribution in [3.63, 3.8) is 0 Å². The van der Waals surface area contributed by atoms with Crippen molar-refractivity contribution in [2.45, 2.75) is 19.1 Å². The van der Waals surface area contributed by atoms with Gasteiger partial charge in [-0.2, -0.15) is 4.98 Å². The van der Waals surface area contributed by atoms with Crippen molar-refractivity contribution in [1.29, 1.82) is 0 Å². The minimum Gasteiger partial charge on any atom is -0.367 e. The highest BCUT2D eigenvalue weighted by atomic mass is 35.5. The molecular weight excluding hydrogens is 469 g/mol. The van der Waals surface area contributed by atoms with Gasteiger partial charge in [0.25, 0.3) is 11.8 Å². The number of halogens is 2. The molecule has 3 heterocycles. The number of morpholine rings is 1. The zero-order valence-electron chi connectivity index (χ0n) is 17.7. The third-order valence-electron chi connectivity index (χ3n) is 5.21. The molecule has 172 valence electrons. The zero-order chi connectivity index (χ0) is 23.6. The number of rotatable bonds is 6. The van der Waals surface area contributed by atoms with Crippen LogP contribution in [-0.4, -0.2) is 56.6 Å². The zero-order valence-corrected chi connectivity index (χ0v) is 19.2. The number of benzene rings is 1. The van der Waals surface area contributed by atoms with Gasteiger partial charge >= 0.3 is 0 Å². The lowest BCUT2D eigenvalue weighted by atomic mass is 9.99. The van der Waals surface area contributed by atoms with E-state index in [0.29, 0.717) is 39.6 Å². The third-order valence-corrected chi connectivity index (χ3v) is 5.95. The van der Waals surface area contributed by atoms with Gasteiger partial charge in [0.2, 0.25) is 11.5 Å². The van der Waals surface area contributed by atoms with Gasteiger partial charge in [0, 0.05) is 37.2 Å². The van der Waals surface area contributed by atoms with Crippen LogP contribution in [-0.2, 0) is 20.9 Å². The number of aryl methyl sites for hydroxylation is 1. The fourth-order valence-electron chi connectivity index (χ4n) is 3.48. The predicted molar refractivity (Wildman–Crippen MR) is 122 cm³/mol. The quantitative estimate of drug-likeness (QED) is 0.503. The van der Waals surface area contributed by atoms with Gasteiger partial charge < -0.3 is 20.7 Å². The molecule has 4 rings (SSSR count). The van der Waals surface area contributed by atoms with Crippen LogP contribution in [0.4, 0.5) is 5.82 Å². The average molecular weight is 490 g/mol. The first-order valence-corrected chi connectivity index (χ1v) is 10.8. The summed E-state index contributed by atoms with van der Waals surface area (Å²) < 4.78 is 7.34. The lowest BCUT2D eigenvalue weighted by molar-refractivity contribution is -0.160. The van der Waals surface area contributed by atoms with Gasteiger partial charge in [-0.05, 0) is 24.6 Å². The summed E-state index contributed by atoms with van der Waals surface area (Å²) in [4.78, 5) is 40.3. The van der Waals surface area contributed by atoms with E-state index in [1.807, 2.05) is 6.92 Å². The standard InChI is InChI=1S/C21H21Cl2N7O3/c1-13-8-17(28-20(27-13)30-5-4-25-12-30)29-6-7-33-21(11-29,18(24)31)19(32)26-10-14-2-3-15(22)16(23)9-14/h2-5,8-9,12H,6-7,10-11H2,1H3,(H2,24,31)(H,26,32). The van der Waals surface area contributed by atoms with Crippen molar-refractivity contribution in [1.82, 2.24) is 24.8 Å². The Morgan fingerprint density at radius 1 is 1.24 bits per heavy atom. The minimum absolute atomic E-state index is 0.102. The maximum atomic E-state index is 13.1. The van der Waals surface area contributed by atoms with Crippen LogP contribution in [0.2, 0.25) is 10.0 Å². The number of ether oxygens (including phenoxy) is 1. The van der Waals surface area contributed by atoms with Gasteiger partial charge in [-0.15, -0.1) is 0 Å². The topological polar surface area (TPSA) is 128 Å². The van der Waals surface area contributed by atoms with Gasteiger partial charge in [0.1, 0.15) is 12.1 Å². The van der Waals surface area contributed by atoms with Crippen molar-refractivity contribution >= 4 is 40.8 Å². The van der Waals surface area contributed by atoms with Crippen molar-refractivity contribution < 1.29 is 14.3 Å². The molecule has 1 saturated heterocycles. The molecule has 12 heteroatoms. The number of anilines is 1. The molecule has 0 aliphatic carbocycles. The van der Waals surface area contributed by atoms with Crippen LogP contribution >= 0.6 is 23.2 Å². The second-order valence-corrected chi connectivity index (χ2v) is 8.34. The van der Waals surface area contributed by atoms with E-state index in [1.54, 1.807) is 52.5 Å². The number of nitrogens with two attached hydrogens (primary N) is 1. The highest BCUT2D eigenvalue weighted by Gasteiger charge is 2.49. The molecule has 1 aliphatic rings. The Hall–Kier alpha value is -3.21. The molecule has 3 N–H and O–H groups in total. The smallest absolute Gasteiger partial charge is 0.264 e. The van der Waals surface area contributed by atoms with Crippen molar-refractivity contribution in [3.8, 4) is 5.95 Å². The Bertz CT molecular complexity index is 1190. The summed E-state index contributed by atoms with van der Waals surface area (Å²) >= 11 is 12.0. The van der Waals surface area contributed by atoms with E-state index in [0.717, 1.165) is 0 Å². The number of primary amides is 1. The molecule has 1 aromatic carbocycles. The van der Waals surface area contributed by atoms with E-state index >= 15 is 0 Å². The van der Waals surface area contributed by atoms with Gasteiger partial charge in [0.15, 0.2) is 0 Å². The van der Waals surface area contributed by atoms with E-state index in [4.69, 9.17) is 33.7 Å². The maximum Gasteiger partial charge on any atom is 0.264 e. The van der Waals surface area contributed by atoms with Crippen LogP contribution in [0.3, 0.4) is 0 Å². The first-order valence-electron chi connectivity index (χ1n) is 10.0. The second-order valence-electron chi connectivity index (χ2n) is 7.53. The number of hydrogen-bond donors (Lipinski definition) is 2. The Balaban J connectivity index is 1.56. The molecule has 1 fully saturated rings. The molecule has 3 aromatic rings. The molecule has 2 amide bonds. The average Bonchev–Trinajstić information content (AvgIpc) is 3.34. The van der Waals surface area contributed by atoms with Crippen LogP contribution < -0.4 is 16.0 Å². The number of carbonyl (C=O) groups excluding carboxylic acids is 2. The number of hydrogen-bond acceptors (Lipinski definition) is 7. The summed E-state index contributed by atoms with van der Waals surface area (Å²) in [6.07, 6.45) is 4.93. The van der Waals surface area contributed by atoms with Gasteiger partial charge in [0.05, 0.1) is 23.2 Å². The summed E-state index contributed by atoms with van der Waals surface area (Å²) in [5.74, 6) is -0.578. The van der Waals surface area contributed by atoms with Crippen molar-refractivity contribution in [2.75, 3.05) is 24.6 Å². The highest BCUT2D eigenvalue weighted by Crippen LogP contribution is 2.25. The number of aromatic nitrogens is 4. The summed E-state index contributed by atoms with van der Waals surface area (Å²) in [5, 5.41) is 3.48. The summed E-state index contributed by atoms with van der Waals surface area (Å²) in [6, 6.07) is 6.76. The normalized spacial score (nSPS) is 18.2. The second kappa shape index (κ2) is 9.34. The minimum atomic E-state index is -1.89. The molecule has 0 spiro atoms. The fraction of sp³-hybridized carbons (Fsp3) is 0.286. The molecule has 33 heavy (non-hydrogen) atoms. The van der Waals surface area contributed by atoms with E-state index < -0.39 is 17.4 Å². The first kappa shape index (κ1) is 23.0. The van der Waals surface area contributed by atoms with Gasteiger partial charge in [-0.25, -0.2) is 9.97 Å². The maximum absolute atomic E-state index is 13.1. The number of imidazole rings is 1. The number of nitrogens with one attached hydrogen (secondary N) is 1. The number of amides is 2. The lowest BCUT2D eigenvalue weighted by Crippen LogP contribution is -2.66. The molecule has 0 bridgehead atoms. The summed E-state index contributed by atoms with van der Waals surface area (Å²) in [5.41, 5.74) is 5.19. The molecule has 0 saturated carbocycles. The van der Waals surface area contributed by atoms with Crippen LogP contribution in [0.1, 0.15) is 11.3 Å². The van der Waals surface area contributed by atoms with E-state index in [1.165, 1.54) is 0 Å². The summed E-state index contributed by atoms with van der Waals surface area (Å²) in [7, 11) is 0. The van der Waals surface area contributed by atoms with Crippen LogP contribution in [0.15, 0.2) is 43.0 Å². The van der Waals surface area contributed by atoms with Gasteiger partial charge in [-0.1, -0.05) is 29.3 Å². The Morgan fingerprint density at radius 2 is 2.06 bits per heavy atom. The summed E-state index contributed by atoms with van der Waals surface area (Å²) in [6.45, 7) is 2.36. The molecule has 1 unspecified atom stereocenters. The highest BCUT2D eigenvalue weighted by molar-refractivity contribution is 6.42. The monoisotopic (exact) mass is 489 g/mol. The van der Waals surface area contributed by atoms with E-state index in [9.17, 15) is 9.59 Å². The fourth-order valence-corrected chi connectivity index (χ4v) is 3.80. The number of carbonyl (C=O) groups is 2. The largest absolute Gasteiger partial charge is 0.367 e. The van der Waals surface area contributed by atoms with Gasteiger partial charge in [-0.3, -0.25) is 14.2 Å². The lowest BCUT2D eigenvalue weighted by Gasteiger charge is -2.40. The predicted octanol–water partition coefficient (Wildman–Crippen LogP) is 1.65. The van der Waals surface area contributed by atoms with Crippen LogP contribution in [0, 0.1) is 6.92 Å². The molecule has 10 nitrogen and oxygen atoms in total. The SMILES string of the molecule is Cc1cc(N2CCOC(C(N)=O)(C(=O)NCc3ccc(Cl)c(Cl)c3)C2)nc(-n2ccnc2)n1. The van der Waals surface area contributed by atoms with Crippen LogP contribution in [0.25, 0.3) is 5.95 Å². The van der Waals surface area contributed by atoms with Crippen molar-refractivity contribution in [3.05, 3.63) is 64.3 Å². The molecule has 2 aromatic heterocycles. The van der Waals surface area contributed by atoms with Crippen molar-refractivity contribution in [2.24, 2.45) is 5.73 Å². The molecule has 1 atom stereocenters. The van der Waals surface area contributed by atoms with E-state index in [-0.39, 0.29) is 19.7 Å². The Kier molecular flexibility index (Phi) is 6.50. The Morgan fingerprint density at radius 3 is 2.76 bits per heavy atom. The Labute approximate surface area is 199 Å². The molecule has 0 radical (unpaired) electrons. The van der Waals surface area contributed by atoms with E-state index in [2.05, 4.69) is 20.3 Å². The van der Waals surface area contributed by atoms with Crippen LogP contribution in [0.5, 0.6) is 0 Å². The molecular formula is C21H21Cl2N7O3.